The summed E-state index contributed by atoms with van der Waals surface area (Å²) in [5.74, 6) is 0.199. The molecule has 0 aliphatic heterocycles. The van der Waals surface area contributed by atoms with Crippen molar-refractivity contribution in [2.75, 3.05) is 6.61 Å². The summed E-state index contributed by atoms with van der Waals surface area (Å²) in [4.78, 5) is 13.2. The largest absolute Gasteiger partial charge is 0.490 e. The Morgan fingerprint density at radius 3 is 2.21 bits per heavy atom. The van der Waals surface area contributed by atoms with Gasteiger partial charge in [-0.2, -0.15) is 5.10 Å². The predicted octanol–water partition coefficient (Wildman–Crippen LogP) is 6.01. The molecule has 0 aliphatic carbocycles. The van der Waals surface area contributed by atoms with Gasteiger partial charge < -0.3 is 14.6 Å². The molecule has 0 aromatic heterocycles. The van der Waals surface area contributed by atoms with Crippen molar-refractivity contribution in [3.8, 4) is 11.5 Å². The first-order chi connectivity index (χ1) is 18.4. The van der Waals surface area contributed by atoms with Crippen LogP contribution < -0.4 is 14.9 Å². The van der Waals surface area contributed by atoms with Crippen molar-refractivity contribution in [2.24, 2.45) is 5.10 Å². The number of nitrogens with one attached hydrogen (secondary N) is 1. The molecule has 0 heterocycles. The molecule has 0 bridgehead atoms. The van der Waals surface area contributed by atoms with Gasteiger partial charge in [-0.25, -0.2) is 5.43 Å². The Morgan fingerprint density at radius 2 is 1.61 bits per heavy atom. The van der Waals surface area contributed by atoms with Gasteiger partial charge in [0.05, 0.1) is 17.8 Å². The van der Waals surface area contributed by atoms with Gasteiger partial charge in [-0.1, -0.05) is 102 Å². The molecule has 4 aromatic rings. The second-order valence-electron chi connectivity index (χ2n) is 8.68. The maximum atomic E-state index is 13.2. The van der Waals surface area contributed by atoms with E-state index in [0.29, 0.717) is 46.4 Å². The van der Waals surface area contributed by atoms with E-state index in [1.54, 1.807) is 60.7 Å². The van der Waals surface area contributed by atoms with Crippen LogP contribution in [0, 0.1) is 6.92 Å². The number of aliphatic hydroxyl groups is 1. The van der Waals surface area contributed by atoms with E-state index >= 15 is 0 Å². The number of aryl methyl sites for hydroxylation is 1. The van der Waals surface area contributed by atoms with Crippen LogP contribution in [0.2, 0.25) is 5.02 Å². The number of carbonyl (C=O) groups excluding carboxylic acids is 1. The molecule has 2 N–H and O–H groups in total. The van der Waals surface area contributed by atoms with Gasteiger partial charge in [0, 0.05) is 0 Å². The van der Waals surface area contributed by atoms with Crippen molar-refractivity contribution in [2.45, 2.75) is 26.1 Å². The molecule has 38 heavy (non-hydrogen) atoms. The van der Waals surface area contributed by atoms with E-state index in [1.165, 1.54) is 6.21 Å². The summed E-state index contributed by atoms with van der Waals surface area (Å²) in [6.07, 6.45) is 1.44. The Hall–Kier alpha value is -4.13. The number of halogens is 1. The van der Waals surface area contributed by atoms with Crippen LogP contribution in [0.25, 0.3) is 0 Å². The Balaban J connectivity index is 1.54. The Kier molecular flexibility index (Phi) is 8.79. The summed E-state index contributed by atoms with van der Waals surface area (Å²) in [6, 6.07) is 28.9. The van der Waals surface area contributed by atoms with Crippen molar-refractivity contribution in [1.29, 1.82) is 0 Å². The fourth-order valence-corrected chi connectivity index (χ4v) is 4.33. The van der Waals surface area contributed by atoms with Gasteiger partial charge in [-0.05, 0) is 48.2 Å². The van der Waals surface area contributed by atoms with Crippen LogP contribution in [-0.2, 0) is 17.0 Å². The highest BCUT2D eigenvalue weighted by molar-refractivity contribution is 6.32. The standard InChI is InChI=1S/C31H29ClN2O4/c1-3-37-28-19-24(18-27(32)29(28)38-21-23-12-10-11-22(2)17-23)20-33-34-30(35)31(36,25-13-6-4-7-14-25)26-15-8-5-9-16-26/h4-20,36H,3,21H2,1-2H3,(H,34,35)/b33-20-. The van der Waals surface area contributed by atoms with E-state index < -0.39 is 11.5 Å². The number of hydrazone groups is 1. The van der Waals surface area contributed by atoms with Gasteiger partial charge in [0.15, 0.2) is 17.1 Å². The molecule has 0 aliphatic rings. The molecule has 0 fully saturated rings. The lowest BCUT2D eigenvalue weighted by molar-refractivity contribution is -0.136. The number of nitrogens with zero attached hydrogens (tertiary/aromatic N) is 1. The molecule has 0 radical (unpaired) electrons. The molecule has 0 unspecified atom stereocenters. The molecular weight excluding hydrogens is 500 g/mol. The van der Waals surface area contributed by atoms with Gasteiger partial charge in [-0.3, -0.25) is 4.79 Å². The minimum absolute atomic E-state index is 0.336. The Labute approximate surface area is 227 Å². The topological polar surface area (TPSA) is 80.2 Å². The lowest BCUT2D eigenvalue weighted by Crippen LogP contribution is -2.43. The van der Waals surface area contributed by atoms with Gasteiger partial charge in [0.25, 0.3) is 5.91 Å². The van der Waals surface area contributed by atoms with E-state index in [0.717, 1.165) is 11.1 Å². The van der Waals surface area contributed by atoms with Crippen molar-refractivity contribution >= 4 is 23.7 Å². The van der Waals surface area contributed by atoms with E-state index in [-0.39, 0.29) is 0 Å². The fourth-order valence-electron chi connectivity index (χ4n) is 4.06. The summed E-state index contributed by atoms with van der Waals surface area (Å²) in [6.45, 7) is 4.64. The number of hydrogen-bond acceptors (Lipinski definition) is 5. The van der Waals surface area contributed by atoms with Gasteiger partial charge in [0.1, 0.15) is 6.61 Å². The molecule has 4 rings (SSSR count). The lowest BCUT2D eigenvalue weighted by Gasteiger charge is -2.27. The third-order valence-corrected chi connectivity index (χ3v) is 6.17. The van der Waals surface area contributed by atoms with E-state index in [4.69, 9.17) is 21.1 Å². The average Bonchev–Trinajstić information content (AvgIpc) is 2.93. The lowest BCUT2D eigenvalue weighted by atomic mass is 9.85. The predicted molar refractivity (Wildman–Crippen MR) is 150 cm³/mol. The minimum atomic E-state index is -1.93. The number of rotatable bonds is 10. The highest BCUT2D eigenvalue weighted by atomic mass is 35.5. The van der Waals surface area contributed by atoms with Crippen LogP contribution in [0.1, 0.15) is 34.7 Å². The highest BCUT2D eigenvalue weighted by Gasteiger charge is 2.39. The average molecular weight is 529 g/mol. The smallest absolute Gasteiger partial charge is 0.281 e. The third-order valence-electron chi connectivity index (χ3n) is 5.89. The quantitative estimate of drug-likeness (QED) is 0.195. The molecule has 0 spiro atoms. The summed E-state index contributed by atoms with van der Waals surface area (Å²) in [5, 5.41) is 16.0. The zero-order valence-corrected chi connectivity index (χ0v) is 22.0. The molecular formula is C31H29ClN2O4. The number of benzene rings is 4. The number of ether oxygens (including phenoxy) is 2. The fraction of sp³-hybridized carbons (Fsp3) is 0.161. The van der Waals surface area contributed by atoms with Crippen LogP contribution in [0.3, 0.4) is 0 Å². The molecule has 6 nitrogen and oxygen atoms in total. The Bertz CT molecular complexity index is 1370. The molecule has 0 atom stereocenters. The highest BCUT2D eigenvalue weighted by Crippen LogP contribution is 2.37. The van der Waals surface area contributed by atoms with Crippen LogP contribution in [0.15, 0.2) is 102 Å². The second kappa shape index (κ2) is 12.4. The van der Waals surface area contributed by atoms with Crippen LogP contribution in [0.4, 0.5) is 0 Å². The molecule has 1 amide bonds. The first kappa shape index (κ1) is 26.9. The third kappa shape index (κ3) is 6.22. The molecule has 0 saturated carbocycles. The van der Waals surface area contributed by atoms with Crippen molar-refractivity contribution in [1.82, 2.24) is 5.43 Å². The van der Waals surface area contributed by atoms with Crippen molar-refractivity contribution in [3.05, 3.63) is 130 Å². The van der Waals surface area contributed by atoms with Crippen LogP contribution >= 0.6 is 11.6 Å². The summed E-state index contributed by atoms with van der Waals surface area (Å²) in [5.41, 5.74) is 4.14. The maximum absolute atomic E-state index is 13.2. The normalized spacial score (nSPS) is 11.4. The van der Waals surface area contributed by atoms with Crippen LogP contribution in [0.5, 0.6) is 11.5 Å². The van der Waals surface area contributed by atoms with E-state index in [1.807, 2.05) is 50.2 Å². The van der Waals surface area contributed by atoms with Gasteiger partial charge in [0.2, 0.25) is 0 Å². The number of amides is 1. The molecule has 4 aromatic carbocycles. The molecule has 7 heteroatoms. The van der Waals surface area contributed by atoms with Gasteiger partial charge >= 0.3 is 0 Å². The van der Waals surface area contributed by atoms with E-state index in [9.17, 15) is 9.90 Å². The summed E-state index contributed by atoms with van der Waals surface area (Å²) < 4.78 is 11.8. The maximum Gasteiger partial charge on any atom is 0.281 e. The Morgan fingerprint density at radius 1 is 0.947 bits per heavy atom. The van der Waals surface area contributed by atoms with Crippen molar-refractivity contribution in [3.63, 3.8) is 0 Å². The zero-order valence-electron chi connectivity index (χ0n) is 21.2. The second-order valence-corrected chi connectivity index (χ2v) is 9.09. The van der Waals surface area contributed by atoms with E-state index in [2.05, 4.69) is 10.5 Å². The summed E-state index contributed by atoms with van der Waals surface area (Å²) >= 11 is 6.55. The van der Waals surface area contributed by atoms with Crippen LogP contribution in [-0.4, -0.2) is 23.8 Å². The first-order valence-electron chi connectivity index (χ1n) is 12.2. The monoisotopic (exact) mass is 528 g/mol. The number of hydrogen-bond donors (Lipinski definition) is 2. The van der Waals surface area contributed by atoms with Gasteiger partial charge in [-0.15, -0.1) is 0 Å². The SMILES string of the molecule is CCOc1cc(/C=N\NC(=O)C(O)(c2ccccc2)c2ccccc2)cc(Cl)c1OCc1cccc(C)c1. The summed E-state index contributed by atoms with van der Waals surface area (Å²) in [7, 11) is 0. The zero-order chi connectivity index (χ0) is 27.0. The number of carbonyl (C=O) groups is 1. The van der Waals surface area contributed by atoms with Crippen molar-refractivity contribution < 1.29 is 19.4 Å². The first-order valence-corrected chi connectivity index (χ1v) is 12.6. The minimum Gasteiger partial charge on any atom is -0.490 e. The molecule has 0 saturated heterocycles. The molecule has 194 valence electrons.